The number of nitrogens with one attached hydrogen (secondary N) is 1. The van der Waals surface area contributed by atoms with Gasteiger partial charge in [-0.15, -0.1) is 0 Å². The fourth-order valence-corrected chi connectivity index (χ4v) is 2.93. The highest BCUT2D eigenvalue weighted by Gasteiger charge is 2.21. The van der Waals surface area contributed by atoms with Crippen molar-refractivity contribution in [2.45, 2.75) is 6.42 Å². The number of carbonyl (C=O) groups excluding carboxylic acids is 2. The van der Waals surface area contributed by atoms with Crippen LogP contribution in [0.4, 0.5) is 10.5 Å². The number of nitrogens with zero attached hydrogens (tertiary/aromatic N) is 2. The number of anilines is 1. The highest BCUT2D eigenvalue weighted by molar-refractivity contribution is 5.96. The van der Waals surface area contributed by atoms with Crippen LogP contribution in [0.25, 0.3) is 0 Å². The summed E-state index contributed by atoms with van der Waals surface area (Å²) in [4.78, 5) is 28.5. The van der Waals surface area contributed by atoms with Crippen LogP contribution >= 0.6 is 0 Å². The van der Waals surface area contributed by atoms with Gasteiger partial charge in [-0.2, -0.15) is 0 Å². The molecule has 0 saturated carbocycles. The average Bonchev–Trinajstić information content (AvgIpc) is 2.68. The van der Waals surface area contributed by atoms with Gasteiger partial charge < -0.3 is 10.2 Å². The smallest absolute Gasteiger partial charge is 0.321 e. The molecule has 1 saturated heterocycles. The van der Waals surface area contributed by atoms with Crippen molar-refractivity contribution in [2.75, 3.05) is 38.0 Å². The normalized spacial score (nSPS) is 15.0. The van der Waals surface area contributed by atoms with Crippen molar-refractivity contribution in [2.24, 2.45) is 0 Å². The Morgan fingerprint density at radius 2 is 1.44 bits per heavy atom. The minimum absolute atomic E-state index is 0.0637. The summed E-state index contributed by atoms with van der Waals surface area (Å²) in [6.45, 7) is 3.69. The lowest BCUT2D eigenvalue weighted by Crippen LogP contribution is -2.50. The first-order chi connectivity index (χ1) is 12.2. The fourth-order valence-electron chi connectivity index (χ4n) is 2.93. The zero-order valence-electron chi connectivity index (χ0n) is 14.2. The standard InChI is InChI=1S/C20H23N3O2/c24-19(17-7-3-1-4-8-17)11-12-22-13-15-23(16-14-22)20(25)21-18-9-5-2-6-10-18/h1-10H,11-16H2,(H,21,25). The average molecular weight is 337 g/mol. The molecule has 2 aromatic rings. The summed E-state index contributed by atoms with van der Waals surface area (Å²) in [6.07, 6.45) is 0.514. The second-order valence-electron chi connectivity index (χ2n) is 6.16. The Labute approximate surface area is 148 Å². The van der Waals surface area contributed by atoms with Gasteiger partial charge in [-0.1, -0.05) is 48.5 Å². The maximum Gasteiger partial charge on any atom is 0.321 e. The summed E-state index contributed by atoms with van der Waals surface area (Å²) >= 11 is 0. The van der Waals surface area contributed by atoms with Crippen LogP contribution in [0.5, 0.6) is 0 Å². The second-order valence-corrected chi connectivity index (χ2v) is 6.16. The number of hydrogen-bond donors (Lipinski definition) is 1. The molecule has 2 aromatic carbocycles. The third-order valence-corrected chi connectivity index (χ3v) is 4.44. The molecule has 0 aliphatic carbocycles. The van der Waals surface area contributed by atoms with Crippen molar-refractivity contribution in [3.05, 3.63) is 66.2 Å². The third kappa shape index (κ3) is 4.90. The minimum atomic E-state index is -0.0637. The number of piperazine rings is 1. The molecule has 0 radical (unpaired) electrons. The number of carbonyl (C=O) groups is 2. The van der Waals surface area contributed by atoms with E-state index in [0.717, 1.165) is 30.9 Å². The molecule has 1 fully saturated rings. The molecule has 5 nitrogen and oxygen atoms in total. The van der Waals surface area contributed by atoms with E-state index in [1.807, 2.05) is 65.6 Å². The third-order valence-electron chi connectivity index (χ3n) is 4.44. The van der Waals surface area contributed by atoms with E-state index in [2.05, 4.69) is 10.2 Å². The van der Waals surface area contributed by atoms with Gasteiger partial charge in [0.2, 0.25) is 0 Å². The van der Waals surface area contributed by atoms with Crippen molar-refractivity contribution in [3.63, 3.8) is 0 Å². The van der Waals surface area contributed by atoms with Gasteiger partial charge >= 0.3 is 6.03 Å². The molecule has 130 valence electrons. The number of para-hydroxylation sites is 1. The number of amides is 2. The number of benzene rings is 2. The molecule has 1 N–H and O–H groups in total. The van der Waals surface area contributed by atoms with Gasteiger partial charge in [0.05, 0.1) is 0 Å². The predicted molar refractivity (Wildman–Crippen MR) is 98.9 cm³/mol. The molecular formula is C20H23N3O2. The molecule has 0 atom stereocenters. The summed E-state index contributed by atoms with van der Waals surface area (Å²) < 4.78 is 0. The molecule has 2 amide bonds. The lowest BCUT2D eigenvalue weighted by atomic mass is 10.1. The lowest BCUT2D eigenvalue weighted by molar-refractivity contribution is 0.0942. The van der Waals surface area contributed by atoms with Gasteiger partial charge in [0.25, 0.3) is 0 Å². The molecule has 0 bridgehead atoms. The molecule has 25 heavy (non-hydrogen) atoms. The molecule has 0 aromatic heterocycles. The molecule has 3 rings (SSSR count). The predicted octanol–water partition coefficient (Wildman–Crippen LogP) is 3.11. The molecule has 1 aliphatic rings. The summed E-state index contributed by atoms with van der Waals surface area (Å²) in [6, 6.07) is 18.8. The highest BCUT2D eigenvalue weighted by Crippen LogP contribution is 2.10. The van der Waals surface area contributed by atoms with Crippen molar-refractivity contribution < 1.29 is 9.59 Å². The Kier molecular flexibility index (Phi) is 5.80. The van der Waals surface area contributed by atoms with Crippen molar-refractivity contribution >= 4 is 17.5 Å². The van der Waals surface area contributed by atoms with Gasteiger partial charge in [0.15, 0.2) is 5.78 Å². The first-order valence-electron chi connectivity index (χ1n) is 8.64. The van der Waals surface area contributed by atoms with Crippen LogP contribution in [0.1, 0.15) is 16.8 Å². The zero-order valence-corrected chi connectivity index (χ0v) is 14.2. The van der Waals surface area contributed by atoms with Gasteiger partial charge in [0.1, 0.15) is 0 Å². The van der Waals surface area contributed by atoms with Crippen molar-refractivity contribution in [3.8, 4) is 0 Å². The van der Waals surface area contributed by atoms with E-state index >= 15 is 0 Å². The van der Waals surface area contributed by atoms with Crippen LogP contribution in [-0.4, -0.2) is 54.3 Å². The second kappa shape index (κ2) is 8.44. The van der Waals surface area contributed by atoms with Gasteiger partial charge in [0, 0.05) is 50.4 Å². The first kappa shape index (κ1) is 17.2. The number of ketones is 1. The maximum absolute atomic E-state index is 12.3. The summed E-state index contributed by atoms with van der Waals surface area (Å²) in [5.41, 5.74) is 1.58. The van der Waals surface area contributed by atoms with Crippen LogP contribution in [0.2, 0.25) is 0 Å². The van der Waals surface area contributed by atoms with E-state index in [1.165, 1.54) is 0 Å². The van der Waals surface area contributed by atoms with E-state index in [9.17, 15) is 9.59 Å². The molecule has 1 aliphatic heterocycles. The Morgan fingerprint density at radius 3 is 2.08 bits per heavy atom. The van der Waals surface area contributed by atoms with Crippen LogP contribution in [0, 0.1) is 0 Å². The Hall–Kier alpha value is -2.66. The van der Waals surface area contributed by atoms with Crippen LogP contribution < -0.4 is 5.32 Å². The number of hydrogen-bond acceptors (Lipinski definition) is 3. The van der Waals surface area contributed by atoms with Gasteiger partial charge in [-0.05, 0) is 12.1 Å². The Bertz CT molecular complexity index is 695. The quantitative estimate of drug-likeness (QED) is 0.853. The van der Waals surface area contributed by atoms with Crippen molar-refractivity contribution in [1.29, 1.82) is 0 Å². The topological polar surface area (TPSA) is 52.7 Å². The molecular weight excluding hydrogens is 314 g/mol. The monoisotopic (exact) mass is 337 g/mol. The van der Waals surface area contributed by atoms with E-state index in [0.29, 0.717) is 19.5 Å². The summed E-state index contributed by atoms with van der Waals surface area (Å²) in [5, 5.41) is 2.91. The minimum Gasteiger partial charge on any atom is -0.322 e. The van der Waals surface area contributed by atoms with E-state index in [4.69, 9.17) is 0 Å². The molecule has 5 heteroatoms. The SMILES string of the molecule is O=C(CCN1CCN(C(=O)Nc2ccccc2)CC1)c1ccccc1. The van der Waals surface area contributed by atoms with Crippen molar-refractivity contribution in [1.82, 2.24) is 9.80 Å². The Morgan fingerprint density at radius 1 is 0.840 bits per heavy atom. The van der Waals surface area contributed by atoms with Crippen LogP contribution in [0.15, 0.2) is 60.7 Å². The van der Waals surface area contributed by atoms with Gasteiger partial charge in [-0.3, -0.25) is 9.69 Å². The Balaban J connectivity index is 1.41. The highest BCUT2D eigenvalue weighted by atomic mass is 16.2. The molecule has 0 unspecified atom stereocenters. The van der Waals surface area contributed by atoms with Crippen LogP contribution in [0.3, 0.4) is 0 Å². The van der Waals surface area contributed by atoms with Gasteiger partial charge in [-0.25, -0.2) is 4.79 Å². The lowest BCUT2D eigenvalue weighted by Gasteiger charge is -2.34. The van der Waals surface area contributed by atoms with E-state index in [-0.39, 0.29) is 11.8 Å². The van der Waals surface area contributed by atoms with E-state index < -0.39 is 0 Å². The summed E-state index contributed by atoms with van der Waals surface area (Å²) in [5.74, 6) is 0.171. The van der Waals surface area contributed by atoms with Crippen LogP contribution in [-0.2, 0) is 0 Å². The molecule has 0 spiro atoms. The number of Topliss-reactive ketones (excluding diaryl/α,β-unsaturated/α-hetero) is 1. The number of rotatable bonds is 5. The fraction of sp³-hybridized carbons (Fsp3) is 0.300. The zero-order chi connectivity index (χ0) is 17.5. The number of urea groups is 1. The maximum atomic E-state index is 12.3. The summed E-state index contributed by atoms with van der Waals surface area (Å²) in [7, 11) is 0. The molecule has 1 heterocycles. The first-order valence-corrected chi connectivity index (χ1v) is 8.64. The van der Waals surface area contributed by atoms with E-state index in [1.54, 1.807) is 0 Å². The largest absolute Gasteiger partial charge is 0.322 e.